The van der Waals surface area contributed by atoms with E-state index < -0.39 is 6.10 Å². The molecule has 0 aromatic heterocycles. The summed E-state index contributed by atoms with van der Waals surface area (Å²) in [6.07, 6.45) is 56.7. The predicted octanol–water partition coefficient (Wildman–Crippen LogP) is 20.3. The van der Waals surface area contributed by atoms with Gasteiger partial charge in [-0.05, 0) is 37.0 Å². The molecule has 0 rings (SSSR count). The van der Waals surface area contributed by atoms with E-state index in [-0.39, 0.29) is 31.1 Å². The maximum absolute atomic E-state index is 12.9. The van der Waals surface area contributed by atoms with Gasteiger partial charge in [-0.1, -0.05) is 305 Å². The molecule has 6 nitrogen and oxygen atoms in total. The number of ether oxygens (including phenoxy) is 3. The van der Waals surface area contributed by atoms with Crippen LogP contribution in [0, 0.1) is 17.8 Å². The van der Waals surface area contributed by atoms with Gasteiger partial charge in [0.1, 0.15) is 13.2 Å². The fraction of sp³-hybridized carbons (Fsp3) is 0.952. The molecule has 0 spiro atoms. The quantitative estimate of drug-likeness (QED) is 0.0343. The molecule has 6 heteroatoms. The van der Waals surface area contributed by atoms with Crippen LogP contribution in [-0.2, 0) is 28.6 Å². The molecule has 0 aromatic rings. The summed E-state index contributed by atoms with van der Waals surface area (Å²) in [7, 11) is 0. The summed E-state index contributed by atoms with van der Waals surface area (Å²) in [5, 5.41) is 0. The van der Waals surface area contributed by atoms with Crippen LogP contribution in [0.1, 0.15) is 343 Å². The molecule has 0 aliphatic heterocycles. The van der Waals surface area contributed by atoms with Crippen molar-refractivity contribution in [2.45, 2.75) is 349 Å². The Hall–Kier alpha value is -1.59. The second-order valence-corrected chi connectivity index (χ2v) is 22.3. The minimum atomic E-state index is -0.764. The molecule has 0 amide bonds. The van der Waals surface area contributed by atoms with Crippen molar-refractivity contribution in [1.29, 1.82) is 0 Å². The van der Waals surface area contributed by atoms with Crippen molar-refractivity contribution in [1.82, 2.24) is 0 Å². The molecule has 0 aromatic carbocycles. The molecule has 3 atom stereocenters. The Morgan fingerprint density at radius 1 is 0.294 bits per heavy atom. The Balaban J connectivity index is 4.21. The summed E-state index contributed by atoms with van der Waals surface area (Å²) in [4.78, 5) is 38.2. The van der Waals surface area contributed by atoms with Gasteiger partial charge in [-0.25, -0.2) is 0 Å². The molecule has 0 saturated carbocycles. The van der Waals surface area contributed by atoms with Gasteiger partial charge in [-0.3, -0.25) is 14.4 Å². The molecule has 0 bridgehead atoms. The van der Waals surface area contributed by atoms with Gasteiger partial charge in [0.25, 0.3) is 0 Å². The zero-order valence-electron chi connectivity index (χ0n) is 46.9. The highest BCUT2D eigenvalue weighted by atomic mass is 16.6. The Labute approximate surface area is 425 Å². The fourth-order valence-electron chi connectivity index (χ4n) is 9.47. The standard InChI is InChI=1S/C62H120O6/c1-7-57(5)49-43-37-31-25-21-17-13-11-9-10-12-14-20-24-28-34-41-47-53-62(65)68-59(55-67-61(64)52-46-40-35-29-30-36-42-48-56(3)4)54-66-60(63)51-45-39-33-27-23-19-16-15-18-22-26-32-38-44-50-58(6)8-2/h56-59H,7-55H2,1-6H3/t57?,58?,59-/m0/s1. The molecule has 0 radical (unpaired) electrons. The lowest BCUT2D eigenvalue weighted by Gasteiger charge is -2.18. The molecular formula is C62H120O6. The number of rotatable bonds is 55. The summed E-state index contributed by atoms with van der Waals surface area (Å²) in [6, 6.07) is 0. The Kier molecular flexibility index (Phi) is 52.0. The van der Waals surface area contributed by atoms with Crippen LogP contribution in [0.4, 0.5) is 0 Å². The number of carbonyl (C=O) groups excluding carboxylic acids is 3. The van der Waals surface area contributed by atoms with Gasteiger partial charge < -0.3 is 14.2 Å². The molecule has 0 heterocycles. The maximum Gasteiger partial charge on any atom is 0.306 e. The van der Waals surface area contributed by atoms with Crippen LogP contribution in [0.3, 0.4) is 0 Å². The average Bonchev–Trinajstić information content (AvgIpc) is 3.33. The summed E-state index contributed by atoms with van der Waals surface area (Å²) >= 11 is 0. The Bertz CT molecular complexity index is 1060. The fourth-order valence-corrected chi connectivity index (χ4v) is 9.47. The maximum atomic E-state index is 12.9. The van der Waals surface area contributed by atoms with E-state index >= 15 is 0 Å². The summed E-state index contributed by atoms with van der Waals surface area (Å²) in [5.74, 6) is 1.74. The van der Waals surface area contributed by atoms with Crippen LogP contribution in [0.2, 0.25) is 0 Å². The van der Waals surface area contributed by atoms with Crippen LogP contribution >= 0.6 is 0 Å². The third-order valence-electron chi connectivity index (χ3n) is 14.9. The van der Waals surface area contributed by atoms with E-state index in [2.05, 4.69) is 41.5 Å². The third kappa shape index (κ3) is 52.2. The normalized spacial score (nSPS) is 12.9. The van der Waals surface area contributed by atoms with Crippen LogP contribution in [0.15, 0.2) is 0 Å². The second-order valence-electron chi connectivity index (χ2n) is 22.3. The predicted molar refractivity (Wildman–Crippen MR) is 293 cm³/mol. The van der Waals surface area contributed by atoms with E-state index in [0.29, 0.717) is 19.3 Å². The van der Waals surface area contributed by atoms with E-state index in [9.17, 15) is 14.4 Å². The van der Waals surface area contributed by atoms with Gasteiger partial charge >= 0.3 is 17.9 Å². The highest BCUT2D eigenvalue weighted by Crippen LogP contribution is 2.19. The monoisotopic (exact) mass is 961 g/mol. The number of esters is 3. The minimum Gasteiger partial charge on any atom is -0.462 e. The molecule has 0 saturated heterocycles. The van der Waals surface area contributed by atoms with Crippen molar-refractivity contribution in [3.63, 3.8) is 0 Å². The first kappa shape index (κ1) is 66.4. The molecule has 2 unspecified atom stereocenters. The summed E-state index contributed by atoms with van der Waals surface area (Å²) in [5.41, 5.74) is 0. The first-order valence-electron chi connectivity index (χ1n) is 30.7. The first-order valence-corrected chi connectivity index (χ1v) is 30.7. The molecular weight excluding hydrogens is 841 g/mol. The topological polar surface area (TPSA) is 78.9 Å². The molecule has 68 heavy (non-hydrogen) atoms. The van der Waals surface area contributed by atoms with Crippen LogP contribution in [0.5, 0.6) is 0 Å². The van der Waals surface area contributed by atoms with Gasteiger partial charge in [0, 0.05) is 19.3 Å². The van der Waals surface area contributed by atoms with E-state index in [1.165, 1.54) is 225 Å². The lowest BCUT2D eigenvalue weighted by atomic mass is 9.99. The van der Waals surface area contributed by atoms with E-state index in [4.69, 9.17) is 14.2 Å². The van der Waals surface area contributed by atoms with E-state index in [0.717, 1.165) is 75.5 Å². The lowest BCUT2D eigenvalue weighted by Crippen LogP contribution is -2.30. The molecule has 0 N–H and O–H groups in total. The summed E-state index contributed by atoms with van der Waals surface area (Å²) in [6.45, 7) is 13.8. The zero-order chi connectivity index (χ0) is 49.8. The van der Waals surface area contributed by atoms with Crippen molar-refractivity contribution >= 4 is 17.9 Å². The highest BCUT2D eigenvalue weighted by molar-refractivity contribution is 5.71. The largest absolute Gasteiger partial charge is 0.462 e. The van der Waals surface area contributed by atoms with Crippen molar-refractivity contribution in [2.24, 2.45) is 17.8 Å². The third-order valence-corrected chi connectivity index (χ3v) is 14.9. The van der Waals surface area contributed by atoms with Gasteiger partial charge in [0.15, 0.2) is 6.10 Å². The molecule has 0 aliphatic carbocycles. The SMILES string of the molecule is CCC(C)CCCCCCCCCCCCCCCCCCCCC(=O)O[C@@H](COC(=O)CCCCCCCCCCCCCCCCC(C)CC)COC(=O)CCCCCCCCCC(C)C. The van der Waals surface area contributed by atoms with Crippen LogP contribution in [0.25, 0.3) is 0 Å². The van der Waals surface area contributed by atoms with Crippen molar-refractivity contribution < 1.29 is 28.6 Å². The molecule has 404 valence electrons. The summed E-state index contributed by atoms with van der Waals surface area (Å²) < 4.78 is 16.9. The zero-order valence-corrected chi connectivity index (χ0v) is 46.9. The number of unbranched alkanes of at least 4 members (excludes halogenated alkanes) is 36. The average molecular weight is 962 g/mol. The van der Waals surface area contributed by atoms with Crippen LogP contribution < -0.4 is 0 Å². The first-order chi connectivity index (χ1) is 33.2. The Morgan fingerprint density at radius 2 is 0.515 bits per heavy atom. The number of carbonyl (C=O) groups is 3. The smallest absolute Gasteiger partial charge is 0.306 e. The number of hydrogen-bond donors (Lipinski definition) is 0. The van der Waals surface area contributed by atoms with Crippen molar-refractivity contribution in [2.75, 3.05) is 13.2 Å². The van der Waals surface area contributed by atoms with E-state index in [1.54, 1.807) is 0 Å². The molecule has 0 fully saturated rings. The molecule has 0 aliphatic rings. The van der Waals surface area contributed by atoms with Crippen LogP contribution in [-0.4, -0.2) is 37.2 Å². The van der Waals surface area contributed by atoms with Crippen molar-refractivity contribution in [3.05, 3.63) is 0 Å². The van der Waals surface area contributed by atoms with Gasteiger partial charge in [-0.15, -0.1) is 0 Å². The van der Waals surface area contributed by atoms with Gasteiger partial charge in [-0.2, -0.15) is 0 Å². The highest BCUT2D eigenvalue weighted by Gasteiger charge is 2.19. The van der Waals surface area contributed by atoms with E-state index in [1.807, 2.05) is 0 Å². The van der Waals surface area contributed by atoms with Gasteiger partial charge in [0.05, 0.1) is 0 Å². The van der Waals surface area contributed by atoms with Crippen molar-refractivity contribution in [3.8, 4) is 0 Å². The minimum absolute atomic E-state index is 0.0638. The lowest BCUT2D eigenvalue weighted by molar-refractivity contribution is -0.167. The second kappa shape index (κ2) is 53.2. The number of hydrogen-bond acceptors (Lipinski definition) is 6. The van der Waals surface area contributed by atoms with Gasteiger partial charge in [0.2, 0.25) is 0 Å². The Morgan fingerprint density at radius 3 is 0.765 bits per heavy atom.